The van der Waals surface area contributed by atoms with Crippen LogP contribution in [-0.4, -0.2) is 21.5 Å². The Morgan fingerprint density at radius 3 is 2.83 bits per heavy atom. The summed E-state index contributed by atoms with van der Waals surface area (Å²) in [7, 11) is 0. The molecular weight excluding hydrogens is 382 g/mol. The van der Waals surface area contributed by atoms with Crippen molar-refractivity contribution in [3.05, 3.63) is 75.2 Å². The van der Waals surface area contributed by atoms with E-state index in [-0.39, 0.29) is 16.8 Å². The largest absolute Gasteiger partial charge is 0.343 e. The van der Waals surface area contributed by atoms with Crippen LogP contribution in [0.15, 0.2) is 58.1 Å². The summed E-state index contributed by atoms with van der Waals surface area (Å²) in [5, 5.41) is 3.90. The van der Waals surface area contributed by atoms with Crippen molar-refractivity contribution in [2.45, 2.75) is 44.7 Å². The summed E-state index contributed by atoms with van der Waals surface area (Å²) in [5.41, 5.74) is 3.83. The molecule has 2 heterocycles. The summed E-state index contributed by atoms with van der Waals surface area (Å²) < 4.78 is 0. The highest BCUT2D eigenvalue weighted by atomic mass is 32.2. The van der Waals surface area contributed by atoms with Gasteiger partial charge in [-0.2, -0.15) is 0 Å². The standard InChI is InChI=1S/C23H25N3O2S/c1-5-9-29-22-25-20-19(21(28)26-22)17(14-8-6-7-13(2)10-14)18-15(24-20)11-23(3,4)12-16(18)27/h5-8,10,17H,1,9,11-12H2,2-4H3,(H2,24,25,26,28). The number of nitrogens with zero attached hydrogens (tertiary/aromatic N) is 1. The molecule has 4 rings (SSSR count). The molecule has 2 N–H and O–H groups in total. The molecule has 6 heteroatoms. The van der Waals surface area contributed by atoms with Crippen LogP contribution in [0.25, 0.3) is 0 Å². The fraction of sp³-hybridized carbons (Fsp3) is 0.348. The van der Waals surface area contributed by atoms with Crippen LogP contribution in [0, 0.1) is 12.3 Å². The molecule has 0 bridgehead atoms. The van der Waals surface area contributed by atoms with Gasteiger partial charge in [-0.15, -0.1) is 6.58 Å². The van der Waals surface area contributed by atoms with E-state index in [0.29, 0.717) is 34.3 Å². The number of ketones is 1. The lowest BCUT2D eigenvalue weighted by molar-refractivity contribution is -0.118. The minimum atomic E-state index is -0.403. The second kappa shape index (κ2) is 7.34. The van der Waals surface area contributed by atoms with E-state index in [1.165, 1.54) is 11.8 Å². The number of nitrogens with one attached hydrogen (secondary N) is 2. The van der Waals surface area contributed by atoms with Gasteiger partial charge in [0.15, 0.2) is 10.9 Å². The Balaban J connectivity index is 1.93. The van der Waals surface area contributed by atoms with Gasteiger partial charge >= 0.3 is 0 Å². The van der Waals surface area contributed by atoms with Crippen LogP contribution < -0.4 is 10.9 Å². The van der Waals surface area contributed by atoms with Gasteiger partial charge in [-0.05, 0) is 24.3 Å². The highest BCUT2D eigenvalue weighted by Gasteiger charge is 2.42. The fourth-order valence-corrected chi connectivity index (χ4v) is 4.88. The molecule has 5 nitrogen and oxygen atoms in total. The quantitative estimate of drug-likeness (QED) is 0.442. The SMILES string of the molecule is C=CCSc1nc2c(c(=O)[nH]1)C(c1cccc(C)c1)C1=C(CC(C)(C)CC1=O)N2. The first-order valence-corrected chi connectivity index (χ1v) is 10.8. The van der Waals surface area contributed by atoms with Crippen LogP contribution in [0.1, 0.15) is 49.3 Å². The van der Waals surface area contributed by atoms with Crippen molar-refractivity contribution in [1.82, 2.24) is 9.97 Å². The minimum absolute atomic E-state index is 0.102. The molecule has 150 valence electrons. The van der Waals surface area contributed by atoms with Crippen molar-refractivity contribution in [2.75, 3.05) is 11.1 Å². The fourth-order valence-electron chi connectivity index (χ4n) is 4.28. The van der Waals surface area contributed by atoms with E-state index < -0.39 is 5.92 Å². The lowest BCUT2D eigenvalue weighted by atomic mass is 9.69. The number of hydrogen-bond donors (Lipinski definition) is 2. The summed E-state index contributed by atoms with van der Waals surface area (Å²) in [5.74, 6) is 0.906. The number of rotatable bonds is 4. The highest BCUT2D eigenvalue weighted by molar-refractivity contribution is 7.99. The van der Waals surface area contributed by atoms with E-state index in [2.05, 4.69) is 41.8 Å². The average molecular weight is 408 g/mol. The van der Waals surface area contributed by atoms with Gasteiger partial charge in [0.25, 0.3) is 5.56 Å². The Morgan fingerprint density at radius 1 is 1.31 bits per heavy atom. The number of thioether (sulfide) groups is 1. The molecular formula is C23H25N3O2S. The zero-order valence-corrected chi connectivity index (χ0v) is 17.8. The van der Waals surface area contributed by atoms with E-state index in [0.717, 1.165) is 23.2 Å². The van der Waals surface area contributed by atoms with Gasteiger partial charge in [-0.1, -0.05) is 61.5 Å². The predicted molar refractivity (Wildman–Crippen MR) is 117 cm³/mol. The van der Waals surface area contributed by atoms with Crippen molar-refractivity contribution in [1.29, 1.82) is 0 Å². The molecule has 1 atom stereocenters. The molecule has 29 heavy (non-hydrogen) atoms. The van der Waals surface area contributed by atoms with E-state index in [4.69, 9.17) is 0 Å². The van der Waals surface area contributed by atoms with Gasteiger partial charge in [0, 0.05) is 29.4 Å². The Kier molecular flexibility index (Phi) is 4.99. The first-order valence-electron chi connectivity index (χ1n) is 9.77. The molecule has 2 aromatic rings. The molecule has 0 radical (unpaired) electrons. The smallest absolute Gasteiger partial charge is 0.257 e. The molecule has 1 aromatic carbocycles. The summed E-state index contributed by atoms with van der Waals surface area (Å²) in [6, 6.07) is 8.03. The average Bonchev–Trinajstić information content (AvgIpc) is 2.63. The molecule has 0 saturated heterocycles. The number of allylic oxidation sites excluding steroid dienone is 2. The number of anilines is 1. The van der Waals surface area contributed by atoms with Gasteiger partial charge in [-0.3, -0.25) is 9.59 Å². The lowest BCUT2D eigenvalue weighted by Gasteiger charge is -2.38. The Hall–Kier alpha value is -2.60. The van der Waals surface area contributed by atoms with E-state index in [1.54, 1.807) is 6.08 Å². The van der Waals surface area contributed by atoms with Crippen LogP contribution in [0.2, 0.25) is 0 Å². The number of benzene rings is 1. The number of aromatic nitrogens is 2. The summed E-state index contributed by atoms with van der Waals surface area (Å²) in [6.45, 7) is 9.94. The third-order valence-electron chi connectivity index (χ3n) is 5.41. The minimum Gasteiger partial charge on any atom is -0.343 e. The number of H-pyrrole nitrogens is 1. The zero-order chi connectivity index (χ0) is 20.8. The molecule has 1 aliphatic carbocycles. The van der Waals surface area contributed by atoms with Gasteiger partial charge in [0.1, 0.15) is 5.82 Å². The van der Waals surface area contributed by atoms with E-state index >= 15 is 0 Å². The number of hydrogen-bond acceptors (Lipinski definition) is 5. The molecule has 2 aliphatic rings. The number of aryl methyl sites for hydroxylation is 1. The molecule has 0 saturated carbocycles. The molecule has 0 amide bonds. The van der Waals surface area contributed by atoms with E-state index in [9.17, 15) is 9.59 Å². The predicted octanol–water partition coefficient (Wildman–Crippen LogP) is 4.56. The third kappa shape index (κ3) is 3.69. The third-order valence-corrected chi connectivity index (χ3v) is 6.28. The number of carbonyl (C=O) groups excluding carboxylic acids is 1. The molecule has 0 spiro atoms. The molecule has 1 aromatic heterocycles. The summed E-state index contributed by atoms with van der Waals surface area (Å²) in [4.78, 5) is 33.9. The zero-order valence-electron chi connectivity index (χ0n) is 17.0. The number of aromatic amines is 1. The van der Waals surface area contributed by atoms with Crippen molar-refractivity contribution >= 4 is 23.4 Å². The number of Topliss-reactive ketones (excluding diaryl/α,β-unsaturated/α-hetero) is 1. The first-order chi connectivity index (χ1) is 13.8. The molecule has 1 unspecified atom stereocenters. The van der Waals surface area contributed by atoms with Crippen molar-refractivity contribution in [3.8, 4) is 0 Å². The van der Waals surface area contributed by atoms with E-state index in [1.807, 2.05) is 25.1 Å². The maximum Gasteiger partial charge on any atom is 0.257 e. The second-order valence-corrected chi connectivity index (χ2v) is 9.55. The summed E-state index contributed by atoms with van der Waals surface area (Å²) >= 11 is 1.43. The van der Waals surface area contributed by atoms with Crippen LogP contribution in [0.3, 0.4) is 0 Å². The topological polar surface area (TPSA) is 74.8 Å². The number of fused-ring (bicyclic) bond motifs is 1. The van der Waals surface area contributed by atoms with Crippen LogP contribution in [0.5, 0.6) is 0 Å². The monoisotopic (exact) mass is 407 g/mol. The normalized spacial score (nSPS) is 20.0. The van der Waals surface area contributed by atoms with Crippen LogP contribution in [-0.2, 0) is 4.79 Å². The molecule has 0 fully saturated rings. The van der Waals surface area contributed by atoms with Gasteiger partial charge in [-0.25, -0.2) is 4.98 Å². The Bertz CT molecular complexity index is 1100. The maximum atomic E-state index is 13.2. The van der Waals surface area contributed by atoms with Gasteiger partial charge < -0.3 is 10.3 Å². The Labute approximate surface area is 174 Å². The second-order valence-electron chi connectivity index (χ2n) is 8.54. The van der Waals surface area contributed by atoms with Crippen LogP contribution in [0.4, 0.5) is 5.82 Å². The van der Waals surface area contributed by atoms with Crippen molar-refractivity contribution in [3.63, 3.8) is 0 Å². The first kappa shape index (κ1) is 19.7. The van der Waals surface area contributed by atoms with Gasteiger partial charge in [0.05, 0.1) is 5.56 Å². The summed E-state index contributed by atoms with van der Waals surface area (Å²) in [6.07, 6.45) is 3.00. The van der Waals surface area contributed by atoms with Crippen molar-refractivity contribution in [2.24, 2.45) is 5.41 Å². The van der Waals surface area contributed by atoms with Gasteiger partial charge in [0.2, 0.25) is 0 Å². The van der Waals surface area contributed by atoms with Crippen molar-refractivity contribution < 1.29 is 4.79 Å². The maximum absolute atomic E-state index is 13.2. The highest BCUT2D eigenvalue weighted by Crippen LogP contribution is 2.47. The Morgan fingerprint density at radius 2 is 2.10 bits per heavy atom. The lowest BCUT2D eigenvalue weighted by Crippen LogP contribution is -2.37. The molecule has 1 aliphatic heterocycles. The number of carbonyl (C=O) groups is 1. The van der Waals surface area contributed by atoms with Crippen LogP contribution >= 0.6 is 11.8 Å².